The number of carbonyl (C=O) groups is 1. The van der Waals surface area contributed by atoms with Crippen molar-refractivity contribution in [2.75, 3.05) is 12.4 Å². The third-order valence-electron chi connectivity index (χ3n) is 3.21. The normalized spacial score (nSPS) is 11.4. The van der Waals surface area contributed by atoms with Crippen LogP contribution in [0.2, 0.25) is 0 Å². The van der Waals surface area contributed by atoms with E-state index in [0.717, 1.165) is 29.8 Å². The van der Waals surface area contributed by atoms with Crippen molar-refractivity contribution in [2.24, 2.45) is 0 Å². The van der Waals surface area contributed by atoms with Crippen LogP contribution in [0.5, 0.6) is 0 Å². The molecule has 0 fully saturated rings. The summed E-state index contributed by atoms with van der Waals surface area (Å²) in [4.78, 5) is 21.5. The molecule has 8 heteroatoms. The molecule has 0 saturated carbocycles. The molecule has 0 N–H and O–H groups in total. The summed E-state index contributed by atoms with van der Waals surface area (Å²) in [5, 5.41) is 10.6. The van der Waals surface area contributed by atoms with Crippen LogP contribution in [0.1, 0.15) is 5.56 Å². The highest BCUT2D eigenvalue weighted by atomic mass is 32.2. The van der Waals surface area contributed by atoms with Gasteiger partial charge >= 0.3 is 5.97 Å². The number of hydrogen-bond donors (Lipinski definition) is 0. The lowest BCUT2D eigenvalue weighted by Crippen LogP contribution is -2.14. The number of hydrogen-bond acceptors (Lipinski definition) is 6. The highest BCUT2D eigenvalue weighted by Gasteiger charge is 2.16. The van der Waals surface area contributed by atoms with E-state index in [0.29, 0.717) is 0 Å². The van der Waals surface area contributed by atoms with Crippen LogP contribution in [0.25, 0.3) is 6.08 Å². The van der Waals surface area contributed by atoms with Gasteiger partial charge in [-0.15, -0.1) is 0 Å². The van der Waals surface area contributed by atoms with Crippen LogP contribution in [-0.4, -0.2) is 31.7 Å². The number of nitro benzene ring substituents is 1. The minimum absolute atomic E-state index is 0.0611. The second kappa shape index (κ2) is 8.20. The number of carbonyl (C=O) groups excluding carboxylic acids is 1. The Morgan fingerprint density at radius 3 is 2.32 bits per heavy atom. The Kier molecular flexibility index (Phi) is 6.02. The van der Waals surface area contributed by atoms with E-state index in [1.54, 1.807) is 6.08 Å². The summed E-state index contributed by atoms with van der Waals surface area (Å²) in [5.74, 6) is -1.06. The van der Waals surface area contributed by atoms with E-state index < -0.39 is 26.5 Å². The Morgan fingerprint density at radius 2 is 1.72 bits per heavy atom. The third-order valence-corrected chi connectivity index (χ3v) is 4.91. The lowest BCUT2D eigenvalue weighted by atomic mass is 10.2. The topological polar surface area (TPSA) is 104 Å². The number of sulfone groups is 1. The molecule has 0 amide bonds. The maximum Gasteiger partial charge on any atom is 0.330 e. The van der Waals surface area contributed by atoms with E-state index in [2.05, 4.69) is 0 Å². The predicted octanol–water partition coefficient (Wildman–Crippen LogP) is 2.63. The van der Waals surface area contributed by atoms with Gasteiger partial charge in [-0.05, 0) is 23.8 Å². The van der Waals surface area contributed by atoms with Gasteiger partial charge in [-0.3, -0.25) is 10.1 Å². The van der Waals surface area contributed by atoms with Gasteiger partial charge in [0.05, 0.1) is 15.6 Å². The molecule has 0 atom stereocenters. The zero-order valence-corrected chi connectivity index (χ0v) is 13.9. The Hall–Kier alpha value is -3.00. The summed E-state index contributed by atoms with van der Waals surface area (Å²) in [7, 11) is -3.69. The summed E-state index contributed by atoms with van der Waals surface area (Å²) < 4.78 is 29.1. The molecule has 0 bridgehead atoms. The van der Waals surface area contributed by atoms with Crippen LogP contribution >= 0.6 is 0 Å². The fraction of sp³-hybridized carbons (Fsp3) is 0.118. The molecule has 0 heterocycles. The van der Waals surface area contributed by atoms with E-state index in [4.69, 9.17) is 4.74 Å². The molecule has 7 nitrogen and oxygen atoms in total. The van der Waals surface area contributed by atoms with Crippen molar-refractivity contribution in [3.8, 4) is 0 Å². The molecule has 0 aliphatic heterocycles. The quantitative estimate of drug-likeness (QED) is 0.325. The fourth-order valence-corrected chi connectivity index (χ4v) is 3.01. The van der Waals surface area contributed by atoms with Gasteiger partial charge in [-0.2, -0.15) is 0 Å². The van der Waals surface area contributed by atoms with Crippen molar-refractivity contribution in [2.45, 2.75) is 4.90 Å². The Balaban J connectivity index is 1.88. The first-order valence-electron chi connectivity index (χ1n) is 7.25. The van der Waals surface area contributed by atoms with Gasteiger partial charge in [-0.25, -0.2) is 13.2 Å². The average Bonchev–Trinajstić information content (AvgIpc) is 2.61. The van der Waals surface area contributed by atoms with Crippen molar-refractivity contribution < 1.29 is 22.9 Å². The largest absolute Gasteiger partial charge is 0.461 e. The maximum absolute atomic E-state index is 12.1. The van der Waals surface area contributed by atoms with Crippen molar-refractivity contribution in [3.05, 3.63) is 76.4 Å². The van der Waals surface area contributed by atoms with Crippen molar-refractivity contribution in [3.63, 3.8) is 0 Å². The number of nitrogens with zero attached hydrogens (tertiary/aromatic N) is 1. The molecule has 0 aliphatic carbocycles. The summed E-state index contributed by atoms with van der Waals surface area (Å²) >= 11 is 0. The number of esters is 1. The minimum atomic E-state index is -3.69. The van der Waals surface area contributed by atoms with Crippen molar-refractivity contribution in [1.29, 1.82) is 0 Å². The molecule has 0 unspecified atom stereocenters. The first-order chi connectivity index (χ1) is 11.9. The number of benzene rings is 2. The summed E-state index contributed by atoms with van der Waals surface area (Å²) in [6.07, 6.45) is 2.78. The molecule has 0 aliphatic rings. The smallest absolute Gasteiger partial charge is 0.330 e. The van der Waals surface area contributed by atoms with Gasteiger partial charge in [0.25, 0.3) is 5.69 Å². The number of rotatable bonds is 7. The van der Waals surface area contributed by atoms with Crippen molar-refractivity contribution >= 4 is 27.6 Å². The summed E-state index contributed by atoms with van der Waals surface area (Å²) in [5.41, 5.74) is 0.620. The summed E-state index contributed by atoms with van der Waals surface area (Å²) in [6, 6.07) is 13.6. The van der Waals surface area contributed by atoms with Gasteiger partial charge in [0.15, 0.2) is 9.84 Å². The van der Waals surface area contributed by atoms with E-state index >= 15 is 0 Å². The summed E-state index contributed by atoms with van der Waals surface area (Å²) in [6.45, 7) is -0.308. The predicted molar refractivity (Wildman–Crippen MR) is 91.6 cm³/mol. The van der Waals surface area contributed by atoms with Crippen LogP contribution in [0.15, 0.2) is 65.6 Å². The Labute approximate surface area is 144 Å². The number of ether oxygens (including phenoxy) is 1. The van der Waals surface area contributed by atoms with Crippen LogP contribution in [0.3, 0.4) is 0 Å². The molecule has 0 radical (unpaired) electrons. The van der Waals surface area contributed by atoms with Crippen LogP contribution in [0, 0.1) is 10.1 Å². The Morgan fingerprint density at radius 1 is 1.08 bits per heavy atom. The molecule has 0 aromatic heterocycles. The fourth-order valence-electron chi connectivity index (χ4n) is 1.92. The maximum atomic E-state index is 12.1. The first kappa shape index (κ1) is 18.3. The van der Waals surface area contributed by atoms with E-state index in [1.807, 2.05) is 30.3 Å². The number of non-ortho nitro benzene ring substituents is 1. The van der Waals surface area contributed by atoms with Gasteiger partial charge < -0.3 is 4.74 Å². The molecule has 0 spiro atoms. The third kappa shape index (κ3) is 5.54. The van der Waals surface area contributed by atoms with Gasteiger partial charge in [0.1, 0.15) is 6.61 Å². The molecule has 2 aromatic rings. The van der Waals surface area contributed by atoms with E-state index in [-0.39, 0.29) is 17.2 Å². The van der Waals surface area contributed by atoms with Crippen LogP contribution < -0.4 is 0 Å². The molecule has 2 rings (SSSR count). The first-order valence-corrected chi connectivity index (χ1v) is 8.91. The number of nitro groups is 1. The lowest BCUT2D eigenvalue weighted by Gasteiger charge is -2.05. The zero-order chi connectivity index (χ0) is 18.3. The van der Waals surface area contributed by atoms with E-state index in [1.165, 1.54) is 6.08 Å². The highest BCUT2D eigenvalue weighted by Crippen LogP contribution is 2.16. The molecule has 0 saturated heterocycles. The second-order valence-electron chi connectivity index (χ2n) is 4.98. The lowest BCUT2D eigenvalue weighted by molar-refractivity contribution is -0.384. The average molecular weight is 361 g/mol. The van der Waals surface area contributed by atoms with E-state index in [9.17, 15) is 23.3 Å². The molecule has 130 valence electrons. The Bertz CT molecular complexity index is 873. The molecular weight excluding hydrogens is 346 g/mol. The van der Waals surface area contributed by atoms with Gasteiger partial charge in [0, 0.05) is 18.2 Å². The monoisotopic (exact) mass is 361 g/mol. The SMILES string of the molecule is O=C(/C=C/c1ccccc1)OCCS(=O)(=O)c1ccc([N+](=O)[O-])cc1. The van der Waals surface area contributed by atoms with Crippen molar-refractivity contribution in [1.82, 2.24) is 0 Å². The van der Waals surface area contributed by atoms with Gasteiger partial charge in [0.2, 0.25) is 0 Å². The second-order valence-corrected chi connectivity index (χ2v) is 7.09. The van der Waals surface area contributed by atoms with Crippen LogP contribution in [0.4, 0.5) is 5.69 Å². The molecular formula is C17H15NO6S. The minimum Gasteiger partial charge on any atom is -0.461 e. The standard InChI is InChI=1S/C17H15NO6S/c19-17(11-6-14-4-2-1-3-5-14)24-12-13-25(22,23)16-9-7-15(8-10-16)18(20)21/h1-11H,12-13H2/b11-6+. The molecule has 2 aromatic carbocycles. The highest BCUT2D eigenvalue weighted by molar-refractivity contribution is 7.91. The van der Waals surface area contributed by atoms with Crippen LogP contribution in [-0.2, 0) is 19.4 Å². The van der Waals surface area contributed by atoms with Gasteiger partial charge in [-0.1, -0.05) is 30.3 Å². The zero-order valence-electron chi connectivity index (χ0n) is 13.1. The molecule has 25 heavy (non-hydrogen) atoms.